The number of hydrogen-bond donors (Lipinski definition) is 0. The van der Waals surface area contributed by atoms with Crippen molar-refractivity contribution in [2.24, 2.45) is 7.05 Å². The molecule has 2 aromatic carbocycles. The van der Waals surface area contributed by atoms with Gasteiger partial charge in [-0.15, -0.1) is 10.2 Å². The standard InChI is InChI=1S/C19H19ClN4O2/c1-4-19(2,13-8-6-5-7-9-13)18-22-21-17(23(18)3)15-11-10-14(20)12-16(15)24(25)26/h5-12H,4H2,1-3H3. The summed E-state index contributed by atoms with van der Waals surface area (Å²) in [6.45, 7) is 4.19. The molecule has 0 N–H and O–H groups in total. The largest absolute Gasteiger partial charge is 0.313 e. The smallest absolute Gasteiger partial charge is 0.281 e. The summed E-state index contributed by atoms with van der Waals surface area (Å²) in [4.78, 5) is 11.0. The van der Waals surface area contributed by atoms with E-state index >= 15 is 0 Å². The summed E-state index contributed by atoms with van der Waals surface area (Å²) < 4.78 is 1.83. The van der Waals surface area contributed by atoms with Crippen LogP contribution < -0.4 is 0 Å². The molecule has 0 saturated heterocycles. The lowest BCUT2D eigenvalue weighted by atomic mass is 9.79. The van der Waals surface area contributed by atoms with Crippen LogP contribution in [-0.4, -0.2) is 19.7 Å². The second kappa shape index (κ2) is 6.88. The molecule has 0 bridgehead atoms. The van der Waals surface area contributed by atoms with Gasteiger partial charge in [-0.1, -0.05) is 48.9 Å². The van der Waals surface area contributed by atoms with Gasteiger partial charge in [-0.2, -0.15) is 0 Å². The van der Waals surface area contributed by atoms with E-state index < -0.39 is 4.92 Å². The van der Waals surface area contributed by atoms with E-state index in [4.69, 9.17) is 11.6 Å². The number of nitro groups is 1. The third-order valence-corrected chi connectivity index (χ3v) is 5.12. The third kappa shape index (κ3) is 2.97. The first-order valence-electron chi connectivity index (χ1n) is 8.28. The van der Waals surface area contributed by atoms with E-state index in [0.29, 0.717) is 16.4 Å². The van der Waals surface area contributed by atoms with E-state index in [2.05, 4.69) is 36.2 Å². The van der Waals surface area contributed by atoms with Crippen molar-refractivity contribution in [3.8, 4) is 11.4 Å². The highest BCUT2D eigenvalue weighted by Gasteiger charge is 2.33. The molecule has 1 heterocycles. The van der Waals surface area contributed by atoms with Gasteiger partial charge in [-0.3, -0.25) is 10.1 Å². The fourth-order valence-electron chi connectivity index (χ4n) is 3.19. The molecule has 0 fully saturated rings. The van der Waals surface area contributed by atoms with Gasteiger partial charge in [0.05, 0.1) is 15.9 Å². The lowest BCUT2D eigenvalue weighted by Crippen LogP contribution is -2.26. The first kappa shape index (κ1) is 18.1. The van der Waals surface area contributed by atoms with Crippen LogP contribution in [0.5, 0.6) is 0 Å². The monoisotopic (exact) mass is 370 g/mol. The van der Waals surface area contributed by atoms with Crippen LogP contribution >= 0.6 is 11.6 Å². The number of rotatable bonds is 5. The Kier molecular flexibility index (Phi) is 4.78. The second-order valence-corrected chi connectivity index (χ2v) is 6.81. The first-order valence-corrected chi connectivity index (χ1v) is 8.66. The van der Waals surface area contributed by atoms with Gasteiger partial charge in [-0.05, 0) is 31.0 Å². The summed E-state index contributed by atoms with van der Waals surface area (Å²) >= 11 is 5.92. The Morgan fingerprint density at radius 2 is 1.88 bits per heavy atom. The number of nitro benzene ring substituents is 1. The maximum Gasteiger partial charge on any atom is 0.281 e. The zero-order chi connectivity index (χ0) is 18.9. The molecule has 0 spiro atoms. The van der Waals surface area contributed by atoms with Crippen molar-refractivity contribution in [3.63, 3.8) is 0 Å². The van der Waals surface area contributed by atoms with E-state index in [1.54, 1.807) is 12.1 Å². The van der Waals surface area contributed by atoms with Gasteiger partial charge in [0, 0.05) is 18.1 Å². The minimum Gasteiger partial charge on any atom is -0.313 e. The minimum absolute atomic E-state index is 0.0857. The molecule has 6 nitrogen and oxygen atoms in total. The fourth-order valence-corrected chi connectivity index (χ4v) is 3.35. The molecule has 26 heavy (non-hydrogen) atoms. The van der Waals surface area contributed by atoms with Gasteiger partial charge in [0.1, 0.15) is 5.82 Å². The SMILES string of the molecule is CCC(C)(c1ccccc1)c1nnc(-c2ccc(Cl)cc2[N+](=O)[O-])n1C. The van der Waals surface area contributed by atoms with Crippen LogP contribution in [0.1, 0.15) is 31.7 Å². The van der Waals surface area contributed by atoms with Crippen LogP contribution in [0.15, 0.2) is 48.5 Å². The Labute approximate surface area is 156 Å². The van der Waals surface area contributed by atoms with Crippen molar-refractivity contribution >= 4 is 17.3 Å². The molecular weight excluding hydrogens is 352 g/mol. The molecule has 0 amide bonds. The highest BCUT2D eigenvalue weighted by Crippen LogP contribution is 2.37. The highest BCUT2D eigenvalue weighted by atomic mass is 35.5. The summed E-state index contributed by atoms with van der Waals surface area (Å²) in [5.74, 6) is 1.20. The summed E-state index contributed by atoms with van der Waals surface area (Å²) in [6, 6.07) is 14.6. The van der Waals surface area contributed by atoms with Crippen LogP contribution in [0, 0.1) is 10.1 Å². The van der Waals surface area contributed by atoms with Gasteiger partial charge in [0.15, 0.2) is 5.82 Å². The van der Waals surface area contributed by atoms with Crippen LogP contribution in [-0.2, 0) is 12.5 Å². The van der Waals surface area contributed by atoms with E-state index in [0.717, 1.165) is 17.8 Å². The first-order chi connectivity index (χ1) is 12.4. The van der Waals surface area contributed by atoms with Crippen LogP contribution in [0.25, 0.3) is 11.4 Å². The van der Waals surface area contributed by atoms with Gasteiger partial charge in [0.25, 0.3) is 5.69 Å². The average Bonchev–Trinajstić information content (AvgIpc) is 3.03. The van der Waals surface area contributed by atoms with Gasteiger partial charge >= 0.3 is 0 Å². The van der Waals surface area contributed by atoms with Crippen molar-refractivity contribution in [3.05, 3.63) is 75.1 Å². The van der Waals surface area contributed by atoms with Crippen molar-refractivity contribution in [2.45, 2.75) is 25.7 Å². The number of hydrogen-bond acceptors (Lipinski definition) is 4. The average molecular weight is 371 g/mol. The Balaban J connectivity index is 2.16. The lowest BCUT2D eigenvalue weighted by molar-refractivity contribution is -0.384. The molecule has 0 radical (unpaired) electrons. The number of nitrogens with zero attached hydrogens (tertiary/aromatic N) is 4. The molecule has 0 aliphatic carbocycles. The van der Waals surface area contributed by atoms with Crippen molar-refractivity contribution in [1.29, 1.82) is 0 Å². The topological polar surface area (TPSA) is 73.8 Å². The number of benzene rings is 2. The Morgan fingerprint density at radius 1 is 1.19 bits per heavy atom. The molecule has 134 valence electrons. The number of aromatic nitrogens is 3. The Bertz CT molecular complexity index is 955. The van der Waals surface area contributed by atoms with Gasteiger partial charge in [0.2, 0.25) is 0 Å². The van der Waals surface area contributed by atoms with E-state index in [1.807, 2.05) is 29.8 Å². The fraction of sp³-hybridized carbons (Fsp3) is 0.263. The van der Waals surface area contributed by atoms with Crippen molar-refractivity contribution < 1.29 is 4.92 Å². The van der Waals surface area contributed by atoms with E-state index in [1.165, 1.54) is 6.07 Å². The van der Waals surface area contributed by atoms with Crippen LogP contribution in [0.3, 0.4) is 0 Å². The van der Waals surface area contributed by atoms with Crippen LogP contribution in [0.4, 0.5) is 5.69 Å². The summed E-state index contributed by atoms with van der Waals surface area (Å²) in [5, 5.41) is 20.4. The van der Waals surface area contributed by atoms with E-state index in [-0.39, 0.29) is 11.1 Å². The lowest BCUT2D eigenvalue weighted by Gasteiger charge is -2.27. The quantitative estimate of drug-likeness (QED) is 0.479. The molecule has 1 aromatic heterocycles. The molecule has 0 aliphatic rings. The van der Waals surface area contributed by atoms with Crippen LogP contribution in [0.2, 0.25) is 5.02 Å². The molecule has 3 aromatic rings. The minimum atomic E-state index is -0.453. The molecule has 1 atom stereocenters. The highest BCUT2D eigenvalue weighted by molar-refractivity contribution is 6.30. The zero-order valence-corrected chi connectivity index (χ0v) is 15.6. The normalized spacial score (nSPS) is 13.4. The summed E-state index contributed by atoms with van der Waals surface area (Å²) in [7, 11) is 1.83. The predicted octanol–water partition coefficient (Wildman–Crippen LogP) is 4.76. The molecule has 0 aliphatic heterocycles. The van der Waals surface area contributed by atoms with E-state index in [9.17, 15) is 10.1 Å². The molecule has 3 rings (SSSR count). The number of halogens is 1. The molecular formula is C19H19ClN4O2. The third-order valence-electron chi connectivity index (χ3n) is 4.88. The van der Waals surface area contributed by atoms with Crippen molar-refractivity contribution in [1.82, 2.24) is 14.8 Å². The summed E-state index contributed by atoms with van der Waals surface area (Å²) in [5.41, 5.74) is 1.07. The zero-order valence-electron chi connectivity index (χ0n) is 14.8. The maximum atomic E-state index is 11.4. The van der Waals surface area contributed by atoms with Crippen molar-refractivity contribution in [2.75, 3.05) is 0 Å². The predicted molar refractivity (Wildman–Crippen MR) is 101 cm³/mol. The Hall–Kier alpha value is -2.73. The maximum absolute atomic E-state index is 11.4. The second-order valence-electron chi connectivity index (χ2n) is 6.38. The van der Waals surface area contributed by atoms with Gasteiger partial charge < -0.3 is 4.57 Å². The molecule has 7 heteroatoms. The molecule has 0 saturated carbocycles. The molecule has 1 unspecified atom stereocenters. The van der Waals surface area contributed by atoms with Gasteiger partial charge in [-0.25, -0.2) is 0 Å². The summed E-state index contributed by atoms with van der Waals surface area (Å²) in [6.07, 6.45) is 0.811. The Morgan fingerprint density at radius 3 is 2.50 bits per heavy atom.